The van der Waals surface area contributed by atoms with E-state index in [1.807, 2.05) is 32.0 Å². The van der Waals surface area contributed by atoms with E-state index in [0.717, 1.165) is 28.2 Å². The smallest absolute Gasteiger partial charge is 0.282 e. The summed E-state index contributed by atoms with van der Waals surface area (Å²) in [5, 5.41) is 24.4. The third-order valence-electron chi connectivity index (χ3n) is 3.96. The topological polar surface area (TPSA) is 127 Å². The first kappa shape index (κ1) is 21.4. The number of hydrogen-bond donors (Lipinski definition) is 2. The first-order valence-corrected chi connectivity index (χ1v) is 10.5. The second kappa shape index (κ2) is 9.46. The van der Waals surface area contributed by atoms with Gasteiger partial charge in [-0.3, -0.25) is 25.0 Å². The number of aromatic nitrogens is 2. The lowest BCUT2D eigenvalue weighted by Gasteiger charge is -2.08. The van der Waals surface area contributed by atoms with Gasteiger partial charge < -0.3 is 5.32 Å². The minimum atomic E-state index is -0.650. The van der Waals surface area contributed by atoms with Crippen molar-refractivity contribution < 1.29 is 14.5 Å². The van der Waals surface area contributed by atoms with Crippen LogP contribution in [0.1, 0.15) is 21.5 Å². The third-order valence-corrected chi connectivity index (χ3v) is 5.93. The van der Waals surface area contributed by atoms with Gasteiger partial charge in [0.05, 0.1) is 10.7 Å². The summed E-state index contributed by atoms with van der Waals surface area (Å²) < 4.78 is 0.489. The van der Waals surface area contributed by atoms with Crippen LogP contribution in [-0.2, 0) is 4.79 Å². The van der Waals surface area contributed by atoms with Crippen LogP contribution in [0.5, 0.6) is 0 Å². The maximum absolute atomic E-state index is 12.3. The molecule has 0 fully saturated rings. The Kier molecular flexibility index (Phi) is 6.75. The van der Waals surface area contributed by atoms with Gasteiger partial charge in [0.15, 0.2) is 4.34 Å². The summed E-state index contributed by atoms with van der Waals surface area (Å²) in [7, 11) is 0. The van der Waals surface area contributed by atoms with E-state index in [1.54, 1.807) is 0 Å². The predicted octanol–water partition coefficient (Wildman–Crippen LogP) is 4.05. The Hall–Kier alpha value is -3.31. The van der Waals surface area contributed by atoms with Gasteiger partial charge in [-0.15, -0.1) is 10.2 Å². The zero-order valence-corrected chi connectivity index (χ0v) is 17.7. The number of nitro benzene ring substituents is 1. The molecule has 9 nitrogen and oxygen atoms in total. The number of hydrogen-bond acceptors (Lipinski definition) is 8. The van der Waals surface area contributed by atoms with E-state index in [4.69, 9.17) is 0 Å². The van der Waals surface area contributed by atoms with Crippen LogP contribution in [-0.4, -0.2) is 32.7 Å². The summed E-state index contributed by atoms with van der Waals surface area (Å²) in [5.74, 6) is -0.713. The molecule has 3 aromatic rings. The molecule has 1 heterocycles. The van der Waals surface area contributed by atoms with Gasteiger partial charge in [0, 0.05) is 11.8 Å². The average molecular weight is 444 g/mol. The number of aryl methyl sites for hydroxylation is 2. The van der Waals surface area contributed by atoms with Gasteiger partial charge in [0.1, 0.15) is 5.56 Å². The van der Waals surface area contributed by atoms with E-state index in [1.165, 1.54) is 36.0 Å². The molecule has 1 aromatic heterocycles. The molecule has 0 spiro atoms. The fourth-order valence-corrected chi connectivity index (χ4v) is 4.12. The van der Waals surface area contributed by atoms with Crippen LogP contribution >= 0.6 is 23.1 Å². The molecule has 0 saturated heterocycles. The third kappa shape index (κ3) is 5.39. The van der Waals surface area contributed by atoms with Crippen molar-refractivity contribution in [2.75, 3.05) is 16.4 Å². The molecule has 0 aliphatic heterocycles. The van der Waals surface area contributed by atoms with Gasteiger partial charge in [0.2, 0.25) is 11.0 Å². The minimum Gasteiger partial charge on any atom is -0.325 e. The molecule has 11 heteroatoms. The lowest BCUT2D eigenvalue weighted by Crippen LogP contribution is -2.14. The Labute approximate surface area is 180 Å². The SMILES string of the molecule is Cc1ccc(NC(=O)CSc2nnc(NC(=O)c3ccccc3[N+](=O)[O-])s2)c(C)c1. The number of benzene rings is 2. The van der Waals surface area contributed by atoms with Gasteiger partial charge >= 0.3 is 0 Å². The van der Waals surface area contributed by atoms with Crippen molar-refractivity contribution in [1.82, 2.24) is 10.2 Å². The van der Waals surface area contributed by atoms with E-state index < -0.39 is 10.8 Å². The Bertz CT molecular complexity index is 1120. The number of amides is 2. The van der Waals surface area contributed by atoms with E-state index in [0.29, 0.717) is 4.34 Å². The number of carbonyl (C=O) groups is 2. The normalized spacial score (nSPS) is 10.5. The van der Waals surface area contributed by atoms with E-state index >= 15 is 0 Å². The van der Waals surface area contributed by atoms with Gasteiger partial charge in [-0.2, -0.15) is 0 Å². The van der Waals surface area contributed by atoms with Gasteiger partial charge in [-0.05, 0) is 31.5 Å². The molecule has 0 aliphatic carbocycles. The molecule has 0 bridgehead atoms. The number of rotatable bonds is 7. The molecular weight excluding hydrogens is 426 g/mol. The molecule has 30 heavy (non-hydrogen) atoms. The van der Waals surface area contributed by atoms with Crippen LogP contribution in [0.2, 0.25) is 0 Å². The Morgan fingerprint density at radius 1 is 1.13 bits per heavy atom. The van der Waals surface area contributed by atoms with E-state index in [2.05, 4.69) is 20.8 Å². The second-order valence-electron chi connectivity index (χ2n) is 6.26. The van der Waals surface area contributed by atoms with Gasteiger partial charge in [-0.25, -0.2) is 0 Å². The summed E-state index contributed by atoms with van der Waals surface area (Å²) >= 11 is 2.26. The first-order valence-electron chi connectivity index (χ1n) is 8.71. The quantitative estimate of drug-likeness (QED) is 0.244. The van der Waals surface area contributed by atoms with Crippen LogP contribution in [0.3, 0.4) is 0 Å². The molecule has 2 amide bonds. The Balaban J connectivity index is 1.57. The van der Waals surface area contributed by atoms with Crippen molar-refractivity contribution in [3.8, 4) is 0 Å². The monoisotopic (exact) mass is 443 g/mol. The molecule has 0 unspecified atom stereocenters. The zero-order chi connectivity index (χ0) is 21.7. The van der Waals surface area contributed by atoms with Crippen LogP contribution in [0, 0.1) is 24.0 Å². The molecule has 3 rings (SSSR count). The molecule has 154 valence electrons. The Morgan fingerprint density at radius 3 is 2.63 bits per heavy atom. The van der Waals surface area contributed by atoms with Crippen LogP contribution < -0.4 is 10.6 Å². The fraction of sp³-hybridized carbons (Fsp3) is 0.158. The lowest BCUT2D eigenvalue weighted by molar-refractivity contribution is -0.385. The number of carbonyl (C=O) groups excluding carboxylic acids is 2. The predicted molar refractivity (Wildman–Crippen MR) is 116 cm³/mol. The summed E-state index contributed by atoms with van der Waals surface area (Å²) in [6.45, 7) is 3.91. The lowest BCUT2D eigenvalue weighted by atomic mass is 10.1. The Morgan fingerprint density at radius 2 is 1.90 bits per heavy atom. The summed E-state index contributed by atoms with van der Waals surface area (Å²) in [6.07, 6.45) is 0. The van der Waals surface area contributed by atoms with Crippen molar-refractivity contribution in [3.05, 3.63) is 69.3 Å². The van der Waals surface area contributed by atoms with Crippen molar-refractivity contribution >= 4 is 51.4 Å². The number of nitrogens with zero attached hydrogens (tertiary/aromatic N) is 3. The van der Waals surface area contributed by atoms with Gasteiger partial charge in [-0.1, -0.05) is 52.9 Å². The number of anilines is 2. The first-order chi connectivity index (χ1) is 14.3. The minimum absolute atomic E-state index is 0.0697. The molecule has 0 aliphatic rings. The second-order valence-corrected chi connectivity index (χ2v) is 8.46. The number of thioether (sulfide) groups is 1. The molecule has 2 N–H and O–H groups in total. The highest BCUT2D eigenvalue weighted by molar-refractivity contribution is 8.01. The standard InChI is InChI=1S/C19H17N5O4S2/c1-11-7-8-14(12(2)9-11)20-16(25)10-29-19-23-22-18(30-19)21-17(26)13-5-3-4-6-15(13)24(27)28/h3-9H,10H2,1-2H3,(H,20,25)(H,21,22,26). The van der Waals surface area contributed by atoms with E-state index in [-0.39, 0.29) is 28.0 Å². The van der Waals surface area contributed by atoms with Crippen LogP contribution in [0.25, 0.3) is 0 Å². The molecular formula is C19H17N5O4S2. The average Bonchev–Trinajstić information content (AvgIpc) is 3.16. The molecule has 0 saturated carbocycles. The van der Waals surface area contributed by atoms with Crippen LogP contribution in [0.4, 0.5) is 16.5 Å². The molecule has 2 aromatic carbocycles. The summed E-state index contributed by atoms with van der Waals surface area (Å²) in [6, 6.07) is 11.4. The molecule has 0 atom stereocenters. The van der Waals surface area contributed by atoms with Crippen molar-refractivity contribution in [3.63, 3.8) is 0 Å². The highest BCUT2D eigenvalue weighted by atomic mass is 32.2. The maximum Gasteiger partial charge on any atom is 0.282 e. The zero-order valence-electron chi connectivity index (χ0n) is 16.0. The maximum atomic E-state index is 12.3. The van der Waals surface area contributed by atoms with Crippen LogP contribution in [0.15, 0.2) is 46.8 Å². The summed E-state index contributed by atoms with van der Waals surface area (Å²) in [4.78, 5) is 34.9. The summed E-state index contributed by atoms with van der Waals surface area (Å²) in [5.41, 5.74) is 2.48. The molecule has 0 radical (unpaired) electrons. The highest BCUT2D eigenvalue weighted by Gasteiger charge is 2.20. The highest BCUT2D eigenvalue weighted by Crippen LogP contribution is 2.27. The number of para-hydroxylation sites is 1. The number of nitro groups is 1. The van der Waals surface area contributed by atoms with Crippen molar-refractivity contribution in [2.24, 2.45) is 0 Å². The van der Waals surface area contributed by atoms with E-state index in [9.17, 15) is 19.7 Å². The fourth-order valence-electron chi connectivity index (χ4n) is 2.58. The number of nitrogens with one attached hydrogen (secondary N) is 2. The van der Waals surface area contributed by atoms with Crippen molar-refractivity contribution in [1.29, 1.82) is 0 Å². The largest absolute Gasteiger partial charge is 0.325 e. The van der Waals surface area contributed by atoms with Crippen molar-refractivity contribution in [2.45, 2.75) is 18.2 Å². The van der Waals surface area contributed by atoms with Gasteiger partial charge in [0.25, 0.3) is 11.6 Å².